The lowest BCUT2D eigenvalue weighted by atomic mass is 10.1. The van der Waals surface area contributed by atoms with Gasteiger partial charge >= 0.3 is 0 Å². The molecular weight excluding hydrogens is 356 g/mol. The van der Waals surface area contributed by atoms with Crippen LogP contribution in [0.15, 0.2) is 27.6 Å². The monoisotopic (exact) mass is 378 g/mol. The fourth-order valence-corrected chi connectivity index (χ4v) is 4.26. The lowest BCUT2D eigenvalue weighted by molar-refractivity contribution is 0.157. The van der Waals surface area contributed by atoms with Crippen LogP contribution < -0.4 is 10.0 Å². The molecule has 0 fully saturated rings. The van der Waals surface area contributed by atoms with Gasteiger partial charge in [0.05, 0.1) is 11.5 Å². The zero-order chi connectivity index (χ0) is 16.0. The number of hydrogen-bond acceptors (Lipinski definition) is 4. The molecule has 0 aliphatic carbocycles. The second-order valence-corrected chi connectivity index (χ2v) is 7.76. The number of rotatable bonds is 8. The Morgan fingerprint density at radius 1 is 1.33 bits per heavy atom. The van der Waals surface area contributed by atoms with Gasteiger partial charge in [0.2, 0.25) is 10.0 Å². The maximum absolute atomic E-state index is 12.6. The molecule has 0 heterocycles. The highest BCUT2D eigenvalue weighted by Crippen LogP contribution is 2.24. The van der Waals surface area contributed by atoms with Crippen molar-refractivity contribution in [3.63, 3.8) is 0 Å². The van der Waals surface area contributed by atoms with Gasteiger partial charge in [-0.1, -0.05) is 19.9 Å². The van der Waals surface area contributed by atoms with Gasteiger partial charge in [-0.3, -0.25) is 0 Å². The van der Waals surface area contributed by atoms with Crippen LogP contribution in [0.3, 0.4) is 0 Å². The summed E-state index contributed by atoms with van der Waals surface area (Å²) in [6.45, 7) is 4.86. The Morgan fingerprint density at radius 2 is 2.00 bits per heavy atom. The molecule has 0 aromatic heterocycles. The number of nitrogens with one attached hydrogen (secondary N) is 2. The van der Waals surface area contributed by atoms with Gasteiger partial charge in [-0.15, -0.1) is 0 Å². The van der Waals surface area contributed by atoms with Crippen LogP contribution in [0.2, 0.25) is 0 Å². The molecule has 0 saturated carbocycles. The van der Waals surface area contributed by atoms with Crippen LogP contribution in [0.1, 0.15) is 19.4 Å². The van der Waals surface area contributed by atoms with Crippen molar-refractivity contribution >= 4 is 26.0 Å². The number of halogens is 1. The van der Waals surface area contributed by atoms with E-state index in [1.165, 1.54) is 0 Å². The van der Waals surface area contributed by atoms with Crippen molar-refractivity contribution in [2.45, 2.75) is 31.3 Å². The molecule has 5 nitrogen and oxygen atoms in total. The Morgan fingerprint density at radius 3 is 2.52 bits per heavy atom. The van der Waals surface area contributed by atoms with Crippen LogP contribution in [0.25, 0.3) is 0 Å². The third-order valence-corrected chi connectivity index (χ3v) is 5.61. The second-order valence-electron chi connectivity index (χ2n) is 5.22. The lowest BCUT2D eigenvalue weighted by Crippen LogP contribution is -2.41. The van der Waals surface area contributed by atoms with E-state index < -0.39 is 10.0 Å². The van der Waals surface area contributed by atoms with E-state index in [1.807, 2.05) is 27.0 Å². The fourth-order valence-electron chi connectivity index (χ4n) is 1.87. The number of sulfonamides is 1. The van der Waals surface area contributed by atoms with E-state index in [9.17, 15) is 8.42 Å². The molecule has 1 unspecified atom stereocenters. The van der Waals surface area contributed by atoms with Crippen molar-refractivity contribution in [2.75, 3.05) is 20.8 Å². The first kappa shape index (κ1) is 18.6. The number of hydrogen-bond donors (Lipinski definition) is 2. The average molecular weight is 379 g/mol. The normalized spacial score (nSPS) is 13.6. The summed E-state index contributed by atoms with van der Waals surface area (Å²) in [6, 6.07) is 5.05. The van der Waals surface area contributed by atoms with E-state index in [0.29, 0.717) is 17.6 Å². The highest BCUT2D eigenvalue weighted by molar-refractivity contribution is 9.10. The van der Waals surface area contributed by atoms with E-state index in [0.717, 1.165) is 5.56 Å². The van der Waals surface area contributed by atoms with Gasteiger partial charge < -0.3 is 10.1 Å². The van der Waals surface area contributed by atoms with E-state index in [2.05, 4.69) is 26.0 Å². The standard InChI is InChI=1S/C14H23BrN2O3S/c1-10(2)13(9-20-4)17-21(18,19)14-7-11(8-16-3)5-6-12(14)15/h5-7,10,13,16-17H,8-9H2,1-4H3. The summed E-state index contributed by atoms with van der Waals surface area (Å²) >= 11 is 3.31. The molecule has 0 aliphatic rings. The minimum absolute atomic E-state index is 0.138. The van der Waals surface area contributed by atoms with Crippen molar-refractivity contribution in [3.05, 3.63) is 28.2 Å². The van der Waals surface area contributed by atoms with Crippen LogP contribution in [-0.4, -0.2) is 35.2 Å². The van der Waals surface area contributed by atoms with Crippen LogP contribution in [-0.2, 0) is 21.3 Å². The largest absolute Gasteiger partial charge is 0.383 e. The molecule has 0 aliphatic heterocycles. The highest BCUT2D eigenvalue weighted by atomic mass is 79.9. The van der Waals surface area contributed by atoms with Crippen molar-refractivity contribution < 1.29 is 13.2 Å². The molecule has 7 heteroatoms. The summed E-state index contributed by atoms with van der Waals surface area (Å²) in [7, 11) is -0.219. The van der Waals surface area contributed by atoms with E-state index in [4.69, 9.17) is 4.74 Å². The molecule has 21 heavy (non-hydrogen) atoms. The van der Waals surface area contributed by atoms with Crippen LogP contribution in [0.5, 0.6) is 0 Å². The molecule has 0 saturated heterocycles. The van der Waals surface area contributed by atoms with Crippen molar-refractivity contribution in [3.8, 4) is 0 Å². The number of methoxy groups -OCH3 is 1. The van der Waals surface area contributed by atoms with Gasteiger partial charge in [0.25, 0.3) is 0 Å². The molecule has 120 valence electrons. The first-order chi connectivity index (χ1) is 9.81. The van der Waals surface area contributed by atoms with Crippen molar-refractivity contribution in [1.82, 2.24) is 10.0 Å². The predicted molar refractivity (Wildman–Crippen MR) is 87.7 cm³/mol. The molecule has 1 rings (SSSR count). The smallest absolute Gasteiger partial charge is 0.242 e. The van der Waals surface area contributed by atoms with Gasteiger partial charge in [-0.25, -0.2) is 13.1 Å². The second kappa shape index (κ2) is 8.24. The van der Waals surface area contributed by atoms with Crippen LogP contribution in [0, 0.1) is 5.92 Å². The Labute approximate surface area is 135 Å². The molecule has 0 spiro atoms. The van der Waals surface area contributed by atoms with E-state index in [1.54, 1.807) is 19.2 Å². The maximum Gasteiger partial charge on any atom is 0.242 e. The first-order valence-electron chi connectivity index (χ1n) is 6.76. The zero-order valence-corrected chi connectivity index (χ0v) is 15.2. The third-order valence-electron chi connectivity index (χ3n) is 3.12. The van der Waals surface area contributed by atoms with Gasteiger partial charge in [0.1, 0.15) is 0 Å². The lowest BCUT2D eigenvalue weighted by Gasteiger charge is -2.22. The van der Waals surface area contributed by atoms with E-state index in [-0.39, 0.29) is 16.9 Å². The minimum atomic E-state index is -3.60. The van der Waals surface area contributed by atoms with Crippen molar-refractivity contribution in [2.24, 2.45) is 5.92 Å². The minimum Gasteiger partial charge on any atom is -0.383 e. The summed E-state index contributed by atoms with van der Waals surface area (Å²) in [4.78, 5) is 0.247. The molecule has 1 atom stereocenters. The van der Waals surface area contributed by atoms with Gasteiger partial charge in [0, 0.05) is 24.2 Å². The SMILES string of the molecule is CNCc1ccc(Br)c(S(=O)(=O)NC(COC)C(C)C)c1. The predicted octanol–water partition coefficient (Wildman–Crippen LogP) is 2.12. The van der Waals surface area contributed by atoms with Gasteiger partial charge in [-0.05, 0) is 46.6 Å². The molecular formula is C14H23BrN2O3S. The first-order valence-corrected chi connectivity index (χ1v) is 9.03. The fraction of sp³-hybridized carbons (Fsp3) is 0.571. The molecule has 0 radical (unpaired) electrons. The summed E-state index contributed by atoms with van der Waals surface area (Å²) in [5, 5.41) is 3.01. The van der Waals surface area contributed by atoms with Gasteiger partial charge in [0.15, 0.2) is 0 Å². The Hall–Kier alpha value is -0.470. The Bertz CT molecular complexity index is 561. The summed E-state index contributed by atoms with van der Waals surface area (Å²) in [5.41, 5.74) is 0.911. The van der Waals surface area contributed by atoms with Crippen LogP contribution in [0.4, 0.5) is 0 Å². The summed E-state index contributed by atoms with van der Waals surface area (Å²) < 4.78 is 33.5. The topological polar surface area (TPSA) is 67.4 Å². The van der Waals surface area contributed by atoms with Crippen LogP contribution >= 0.6 is 15.9 Å². The maximum atomic E-state index is 12.6. The Balaban J connectivity index is 3.08. The number of benzene rings is 1. The molecule has 1 aromatic rings. The van der Waals surface area contributed by atoms with Gasteiger partial charge in [-0.2, -0.15) is 0 Å². The third kappa shape index (κ3) is 5.34. The molecule has 2 N–H and O–H groups in total. The average Bonchev–Trinajstić information content (AvgIpc) is 2.40. The number of ether oxygens (including phenoxy) is 1. The Kier molecular flexibility index (Phi) is 7.29. The summed E-state index contributed by atoms with van der Waals surface area (Å²) in [6.07, 6.45) is 0. The van der Waals surface area contributed by atoms with Crippen molar-refractivity contribution in [1.29, 1.82) is 0 Å². The van der Waals surface area contributed by atoms with E-state index >= 15 is 0 Å². The summed E-state index contributed by atoms with van der Waals surface area (Å²) in [5.74, 6) is 0.138. The quantitative estimate of drug-likeness (QED) is 0.726. The molecule has 0 amide bonds. The highest BCUT2D eigenvalue weighted by Gasteiger charge is 2.24. The zero-order valence-electron chi connectivity index (χ0n) is 12.8. The molecule has 1 aromatic carbocycles. The molecule has 0 bridgehead atoms.